The third-order valence-corrected chi connectivity index (χ3v) is 1.82. The molecule has 64 valence electrons. The van der Waals surface area contributed by atoms with E-state index in [0.29, 0.717) is 13.1 Å². The minimum absolute atomic E-state index is 0.199. The van der Waals surface area contributed by atoms with Crippen molar-refractivity contribution in [3.8, 4) is 0 Å². The van der Waals surface area contributed by atoms with Crippen molar-refractivity contribution in [2.75, 3.05) is 32.7 Å². The number of hydrogen-bond donors (Lipinski definition) is 2. The van der Waals surface area contributed by atoms with Gasteiger partial charge in [0.25, 0.3) is 0 Å². The van der Waals surface area contributed by atoms with Crippen LogP contribution >= 0.6 is 0 Å². The first-order chi connectivity index (χ1) is 5.34. The van der Waals surface area contributed by atoms with Crippen LogP contribution in [0, 0.1) is 0 Å². The molecule has 0 spiro atoms. The van der Waals surface area contributed by atoms with Crippen molar-refractivity contribution in [2.24, 2.45) is 5.73 Å². The van der Waals surface area contributed by atoms with Gasteiger partial charge in [-0.3, -0.25) is 4.79 Å². The largest absolute Gasteiger partial charge is 0.340 e. The fourth-order valence-electron chi connectivity index (χ4n) is 1.16. The van der Waals surface area contributed by atoms with E-state index >= 15 is 0 Å². The predicted molar refractivity (Wildman–Crippen MR) is 43.1 cm³/mol. The van der Waals surface area contributed by atoms with Crippen molar-refractivity contribution in [1.82, 2.24) is 10.2 Å². The number of nitrogens with zero attached hydrogens (tertiary/aromatic N) is 1. The van der Waals surface area contributed by atoms with Crippen LogP contribution in [0.3, 0.4) is 0 Å². The third kappa shape index (κ3) is 2.48. The molecule has 1 rings (SSSR count). The van der Waals surface area contributed by atoms with Gasteiger partial charge < -0.3 is 16.0 Å². The highest BCUT2D eigenvalue weighted by Gasteiger charge is 2.15. The molecule has 0 saturated carbocycles. The zero-order valence-electron chi connectivity index (χ0n) is 6.68. The number of nitrogens with one attached hydrogen (secondary N) is 1. The van der Waals surface area contributed by atoms with Gasteiger partial charge in [0.2, 0.25) is 5.91 Å². The molecule has 0 aromatic heterocycles. The first-order valence-corrected chi connectivity index (χ1v) is 4.03. The molecule has 1 heterocycles. The molecule has 4 heteroatoms. The lowest BCUT2D eigenvalue weighted by Crippen LogP contribution is -2.48. The lowest BCUT2D eigenvalue weighted by atomic mass is 10.3. The summed E-state index contributed by atoms with van der Waals surface area (Å²) in [7, 11) is 0. The van der Waals surface area contributed by atoms with Crippen molar-refractivity contribution >= 4 is 5.91 Å². The molecule has 0 aromatic rings. The molecule has 11 heavy (non-hydrogen) atoms. The van der Waals surface area contributed by atoms with Crippen LogP contribution in [-0.4, -0.2) is 43.5 Å². The van der Waals surface area contributed by atoms with Gasteiger partial charge in [-0.1, -0.05) is 0 Å². The van der Waals surface area contributed by atoms with Gasteiger partial charge in [-0.15, -0.1) is 0 Å². The van der Waals surface area contributed by atoms with Crippen LogP contribution in [0.5, 0.6) is 0 Å². The van der Waals surface area contributed by atoms with E-state index in [-0.39, 0.29) is 5.91 Å². The smallest absolute Gasteiger partial charge is 0.236 e. The number of carbonyl (C=O) groups excluding carboxylic acids is 1. The van der Waals surface area contributed by atoms with Crippen molar-refractivity contribution in [3.63, 3.8) is 0 Å². The number of nitrogens with two attached hydrogens (primary N) is 1. The summed E-state index contributed by atoms with van der Waals surface area (Å²) in [6, 6.07) is 0. The molecular weight excluding hydrogens is 142 g/mol. The van der Waals surface area contributed by atoms with Gasteiger partial charge in [0.05, 0.1) is 6.54 Å². The zero-order valence-corrected chi connectivity index (χ0v) is 6.68. The van der Waals surface area contributed by atoms with Crippen LogP contribution in [0.2, 0.25) is 0 Å². The monoisotopic (exact) mass is 157 g/mol. The van der Waals surface area contributed by atoms with Gasteiger partial charge in [-0.25, -0.2) is 0 Å². The minimum atomic E-state index is 0.199. The zero-order chi connectivity index (χ0) is 8.10. The second kappa shape index (κ2) is 4.31. The van der Waals surface area contributed by atoms with E-state index in [1.165, 1.54) is 0 Å². The fourth-order valence-corrected chi connectivity index (χ4v) is 1.16. The van der Waals surface area contributed by atoms with Crippen molar-refractivity contribution in [1.29, 1.82) is 0 Å². The third-order valence-electron chi connectivity index (χ3n) is 1.82. The Morgan fingerprint density at radius 1 is 1.64 bits per heavy atom. The Bertz CT molecular complexity index is 138. The van der Waals surface area contributed by atoms with Crippen LogP contribution < -0.4 is 11.1 Å². The topological polar surface area (TPSA) is 58.4 Å². The van der Waals surface area contributed by atoms with Crippen molar-refractivity contribution < 1.29 is 4.79 Å². The maximum Gasteiger partial charge on any atom is 0.236 e. The van der Waals surface area contributed by atoms with Crippen LogP contribution in [0.15, 0.2) is 0 Å². The lowest BCUT2D eigenvalue weighted by Gasteiger charge is -2.26. The molecule has 1 amide bonds. The molecule has 0 unspecified atom stereocenters. The van der Waals surface area contributed by atoms with Gasteiger partial charge in [-0.2, -0.15) is 0 Å². The molecule has 1 aliphatic heterocycles. The summed E-state index contributed by atoms with van der Waals surface area (Å²) in [5.41, 5.74) is 5.34. The Hall–Kier alpha value is -0.610. The average molecular weight is 157 g/mol. The van der Waals surface area contributed by atoms with E-state index in [1.807, 2.05) is 4.90 Å². The molecular formula is C7H15N3O. The molecule has 4 nitrogen and oxygen atoms in total. The minimum Gasteiger partial charge on any atom is -0.340 e. The van der Waals surface area contributed by atoms with E-state index < -0.39 is 0 Å². The number of rotatable bonds is 3. The first-order valence-electron chi connectivity index (χ1n) is 4.03. The normalized spacial score (nSPS) is 19.0. The SMILES string of the molecule is NCCCN1CCNCC1=O. The van der Waals surface area contributed by atoms with Crippen molar-refractivity contribution in [2.45, 2.75) is 6.42 Å². The first kappa shape index (κ1) is 8.49. The summed E-state index contributed by atoms with van der Waals surface area (Å²) in [6.45, 7) is 3.72. The summed E-state index contributed by atoms with van der Waals surface area (Å²) in [5.74, 6) is 0.199. The summed E-state index contributed by atoms with van der Waals surface area (Å²) >= 11 is 0. The van der Waals surface area contributed by atoms with Crippen molar-refractivity contribution in [3.05, 3.63) is 0 Å². The quantitative estimate of drug-likeness (QED) is 0.539. The summed E-state index contributed by atoms with van der Waals surface area (Å²) < 4.78 is 0. The van der Waals surface area contributed by atoms with Gasteiger partial charge in [0.1, 0.15) is 0 Å². The van der Waals surface area contributed by atoms with Gasteiger partial charge in [-0.05, 0) is 13.0 Å². The molecule has 0 radical (unpaired) electrons. The number of hydrogen-bond acceptors (Lipinski definition) is 3. The van der Waals surface area contributed by atoms with E-state index in [1.54, 1.807) is 0 Å². The second-order valence-corrected chi connectivity index (χ2v) is 2.70. The Kier molecular flexibility index (Phi) is 3.32. The molecule has 1 saturated heterocycles. The molecule has 0 bridgehead atoms. The fraction of sp³-hybridized carbons (Fsp3) is 0.857. The molecule has 0 atom stereocenters. The maximum absolute atomic E-state index is 11.1. The maximum atomic E-state index is 11.1. The van der Waals surface area contributed by atoms with E-state index in [0.717, 1.165) is 26.1 Å². The number of amides is 1. The highest BCUT2D eigenvalue weighted by molar-refractivity contribution is 5.78. The van der Waals surface area contributed by atoms with Gasteiger partial charge in [0.15, 0.2) is 0 Å². The molecule has 3 N–H and O–H groups in total. The summed E-state index contributed by atoms with van der Waals surface area (Å²) in [5, 5.41) is 3.02. The lowest BCUT2D eigenvalue weighted by molar-refractivity contribution is -0.131. The molecule has 0 aliphatic carbocycles. The average Bonchev–Trinajstić information content (AvgIpc) is 2.03. The van der Waals surface area contributed by atoms with E-state index in [9.17, 15) is 4.79 Å². The van der Waals surface area contributed by atoms with E-state index in [4.69, 9.17) is 5.73 Å². The molecule has 1 aliphatic rings. The Morgan fingerprint density at radius 2 is 2.45 bits per heavy atom. The highest BCUT2D eigenvalue weighted by Crippen LogP contribution is 1.94. The summed E-state index contributed by atoms with van der Waals surface area (Å²) in [6.07, 6.45) is 0.908. The number of piperazine rings is 1. The van der Waals surface area contributed by atoms with Gasteiger partial charge in [0, 0.05) is 19.6 Å². The summed E-state index contributed by atoms with van der Waals surface area (Å²) in [4.78, 5) is 13.0. The molecule has 1 fully saturated rings. The van der Waals surface area contributed by atoms with Gasteiger partial charge >= 0.3 is 0 Å². The Morgan fingerprint density at radius 3 is 3.09 bits per heavy atom. The second-order valence-electron chi connectivity index (χ2n) is 2.70. The highest BCUT2D eigenvalue weighted by atomic mass is 16.2. The standard InChI is InChI=1S/C7H15N3O/c8-2-1-4-10-5-3-9-6-7(10)11/h9H,1-6,8H2. The van der Waals surface area contributed by atoms with E-state index in [2.05, 4.69) is 5.32 Å². The predicted octanol–water partition coefficient (Wildman–Crippen LogP) is -1.23. The van der Waals surface area contributed by atoms with Crippen LogP contribution in [0.4, 0.5) is 0 Å². The Labute approximate surface area is 66.7 Å². The number of carbonyl (C=O) groups is 1. The Balaban J connectivity index is 2.24. The van der Waals surface area contributed by atoms with Crippen LogP contribution in [0.25, 0.3) is 0 Å². The molecule has 0 aromatic carbocycles. The van der Waals surface area contributed by atoms with Crippen LogP contribution in [-0.2, 0) is 4.79 Å². The van der Waals surface area contributed by atoms with Crippen LogP contribution in [0.1, 0.15) is 6.42 Å².